The van der Waals surface area contributed by atoms with Gasteiger partial charge in [0, 0.05) is 0 Å². The van der Waals surface area contributed by atoms with Gasteiger partial charge < -0.3 is 20.1 Å². The Kier molecular flexibility index (Phi) is 5.08. The van der Waals surface area contributed by atoms with Gasteiger partial charge in [-0.3, -0.25) is 14.4 Å². The van der Waals surface area contributed by atoms with Crippen LogP contribution in [-0.2, 0) is 19.1 Å². The van der Waals surface area contributed by atoms with Crippen LogP contribution in [0.5, 0.6) is 0 Å². The number of carboxylic acids is 2. The van der Waals surface area contributed by atoms with Crippen LogP contribution in [0.3, 0.4) is 0 Å². The number of hydrogen-bond donors (Lipinski definition) is 3. The van der Waals surface area contributed by atoms with Crippen LogP contribution < -0.4 is 0 Å². The number of ether oxygens (including phenoxy) is 1. The molecule has 102 valence electrons. The first kappa shape index (κ1) is 14.4. The Hall–Kier alpha value is -1.63. The lowest BCUT2D eigenvalue weighted by molar-refractivity contribution is -0.157. The summed E-state index contributed by atoms with van der Waals surface area (Å²) in [6.07, 6.45) is 0.210. The van der Waals surface area contributed by atoms with Crippen LogP contribution in [0.25, 0.3) is 0 Å². The van der Waals surface area contributed by atoms with Crippen molar-refractivity contribution < 1.29 is 34.4 Å². The summed E-state index contributed by atoms with van der Waals surface area (Å²) < 4.78 is 4.71. The van der Waals surface area contributed by atoms with Gasteiger partial charge in [-0.25, -0.2) is 0 Å². The molecule has 1 aliphatic rings. The first-order valence-corrected chi connectivity index (χ1v) is 5.68. The number of esters is 1. The molecule has 1 rings (SSSR count). The van der Waals surface area contributed by atoms with Crippen molar-refractivity contribution in [3.05, 3.63) is 0 Å². The maximum atomic E-state index is 11.6. The summed E-state index contributed by atoms with van der Waals surface area (Å²) in [7, 11) is 0. The Balaban J connectivity index is 2.69. The fourth-order valence-electron chi connectivity index (χ4n) is 2.18. The molecule has 0 amide bonds. The summed E-state index contributed by atoms with van der Waals surface area (Å²) in [6, 6.07) is 0. The Bertz CT molecular complexity index is 316. The van der Waals surface area contributed by atoms with Gasteiger partial charge in [0.1, 0.15) is 6.61 Å². The van der Waals surface area contributed by atoms with E-state index in [1.807, 2.05) is 0 Å². The van der Waals surface area contributed by atoms with Gasteiger partial charge in [-0.15, -0.1) is 0 Å². The largest absolute Gasteiger partial charge is 0.481 e. The second-order valence-corrected chi connectivity index (χ2v) is 4.37. The molecular formula is C11H16O7. The van der Waals surface area contributed by atoms with E-state index in [2.05, 4.69) is 0 Å². The van der Waals surface area contributed by atoms with Crippen molar-refractivity contribution in [1.29, 1.82) is 0 Å². The summed E-state index contributed by atoms with van der Waals surface area (Å²) in [5.41, 5.74) is 0. The zero-order chi connectivity index (χ0) is 13.7. The Morgan fingerprint density at radius 1 is 0.944 bits per heavy atom. The molecule has 2 unspecified atom stereocenters. The number of aliphatic hydroxyl groups excluding tert-OH is 1. The predicted octanol–water partition coefficient (Wildman–Crippen LogP) is -0.276. The maximum absolute atomic E-state index is 11.6. The fourth-order valence-corrected chi connectivity index (χ4v) is 2.18. The zero-order valence-electron chi connectivity index (χ0n) is 9.74. The fraction of sp³-hybridized carbons (Fsp3) is 0.727. The first-order valence-electron chi connectivity index (χ1n) is 5.68. The van der Waals surface area contributed by atoms with Gasteiger partial charge in [-0.05, 0) is 19.3 Å². The molecule has 0 radical (unpaired) electrons. The first-order chi connectivity index (χ1) is 8.45. The summed E-state index contributed by atoms with van der Waals surface area (Å²) >= 11 is 0. The van der Waals surface area contributed by atoms with Gasteiger partial charge in [-0.1, -0.05) is 0 Å². The second-order valence-electron chi connectivity index (χ2n) is 4.37. The topological polar surface area (TPSA) is 121 Å². The number of aliphatic hydroxyl groups is 1. The van der Waals surface area contributed by atoms with Crippen molar-refractivity contribution in [2.45, 2.75) is 19.3 Å². The van der Waals surface area contributed by atoms with E-state index >= 15 is 0 Å². The van der Waals surface area contributed by atoms with Gasteiger partial charge in [0.2, 0.25) is 0 Å². The second kappa shape index (κ2) is 6.34. The Morgan fingerprint density at radius 2 is 1.39 bits per heavy atom. The van der Waals surface area contributed by atoms with Crippen molar-refractivity contribution in [3.8, 4) is 0 Å². The third-order valence-electron chi connectivity index (χ3n) is 3.07. The van der Waals surface area contributed by atoms with Crippen LogP contribution in [0.2, 0.25) is 0 Å². The lowest BCUT2D eigenvalue weighted by Gasteiger charge is -2.29. The molecule has 0 aliphatic heterocycles. The quantitative estimate of drug-likeness (QED) is 0.581. The molecule has 0 aromatic rings. The zero-order valence-corrected chi connectivity index (χ0v) is 9.74. The molecule has 0 heterocycles. The molecule has 7 heteroatoms. The van der Waals surface area contributed by atoms with E-state index in [9.17, 15) is 14.4 Å². The highest BCUT2D eigenvalue weighted by molar-refractivity contribution is 5.79. The number of carbonyl (C=O) groups is 3. The number of carboxylic acid groups (broad SMARTS) is 2. The van der Waals surface area contributed by atoms with E-state index < -0.39 is 35.7 Å². The van der Waals surface area contributed by atoms with Crippen molar-refractivity contribution >= 4 is 17.9 Å². The molecule has 1 aliphatic carbocycles. The highest BCUT2D eigenvalue weighted by Gasteiger charge is 2.39. The van der Waals surface area contributed by atoms with Crippen LogP contribution in [0, 0.1) is 17.8 Å². The molecule has 0 aromatic carbocycles. The lowest BCUT2D eigenvalue weighted by Crippen LogP contribution is -2.36. The molecule has 18 heavy (non-hydrogen) atoms. The maximum Gasteiger partial charge on any atom is 0.309 e. The molecule has 1 fully saturated rings. The average Bonchev–Trinajstić information content (AvgIpc) is 2.35. The summed E-state index contributed by atoms with van der Waals surface area (Å²) in [5, 5.41) is 26.4. The van der Waals surface area contributed by atoms with Gasteiger partial charge >= 0.3 is 17.9 Å². The Labute approximate surface area is 103 Å². The van der Waals surface area contributed by atoms with Gasteiger partial charge in [-0.2, -0.15) is 0 Å². The number of aliphatic carboxylic acids is 2. The minimum Gasteiger partial charge on any atom is -0.481 e. The van der Waals surface area contributed by atoms with Crippen molar-refractivity contribution in [2.75, 3.05) is 13.2 Å². The third-order valence-corrected chi connectivity index (χ3v) is 3.07. The standard InChI is InChI=1S/C11H16O7/c12-1-2-18-11(17)8-4-6(9(13)14)3-7(5-8)10(15)16/h6-8,12H,1-5H2,(H,13,14)(H,15,16). The van der Waals surface area contributed by atoms with Crippen LogP contribution in [0.1, 0.15) is 19.3 Å². The van der Waals surface area contributed by atoms with E-state index in [-0.39, 0.29) is 32.5 Å². The molecule has 2 atom stereocenters. The van der Waals surface area contributed by atoms with Gasteiger partial charge in [0.15, 0.2) is 0 Å². The monoisotopic (exact) mass is 260 g/mol. The SMILES string of the molecule is O=C(O)C1CC(C(=O)O)CC(C(=O)OCCO)C1. The van der Waals surface area contributed by atoms with Crippen LogP contribution in [-0.4, -0.2) is 46.4 Å². The van der Waals surface area contributed by atoms with E-state index in [1.54, 1.807) is 0 Å². The molecule has 0 bridgehead atoms. The molecule has 0 spiro atoms. The van der Waals surface area contributed by atoms with E-state index in [0.717, 1.165) is 0 Å². The van der Waals surface area contributed by atoms with E-state index in [1.165, 1.54) is 0 Å². The molecule has 3 N–H and O–H groups in total. The predicted molar refractivity (Wildman–Crippen MR) is 57.6 cm³/mol. The minimum absolute atomic E-state index is 0.0362. The third kappa shape index (κ3) is 3.69. The summed E-state index contributed by atoms with van der Waals surface area (Å²) in [5.74, 6) is -5.24. The highest BCUT2D eigenvalue weighted by Crippen LogP contribution is 2.34. The minimum atomic E-state index is -1.10. The van der Waals surface area contributed by atoms with Crippen molar-refractivity contribution in [1.82, 2.24) is 0 Å². The normalized spacial score (nSPS) is 27.5. The Morgan fingerprint density at radius 3 is 1.78 bits per heavy atom. The van der Waals surface area contributed by atoms with Gasteiger partial charge in [0.05, 0.1) is 24.4 Å². The number of hydrogen-bond acceptors (Lipinski definition) is 5. The summed E-state index contributed by atoms with van der Waals surface area (Å²) in [4.78, 5) is 33.4. The molecule has 0 aromatic heterocycles. The highest BCUT2D eigenvalue weighted by atomic mass is 16.5. The number of rotatable bonds is 5. The molecular weight excluding hydrogens is 244 g/mol. The van der Waals surface area contributed by atoms with Crippen LogP contribution in [0.15, 0.2) is 0 Å². The molecule has 0 saturated heterocycles. The summed E-state index contributed by atoms with van der Waals surface area (Å²) in [6.45, 7) is -0.478. The molecule has 1 saturated carbocycles. The molecule has 7 nitrogen and oxygen atoms in total. The van der Waals surface area contributed by atoms with E-state index in [0.29, 0.717) is 0 Å². The lowest BCUT2D eigenvalue weighted by atomic mass is 9.75. The van der Waals surface area contributed by atoms with Crippen molar-refractivity contribution in [2.24, 2.45) is 17.8 Å². The average molecular weight is 260 g/mol. The van der Waals surface area contributed by atoms with Crippen LogP contribution in [0.4, 0.5) is 0 Å². The van der Waals surface area contributed by atoms with Gasteiger partial charge in [0.25, 0.3) is 0 Å². The van der Waals surface area contributed by atoms with Crippen LogP contribution >= 0.6 is 0 Å². The number of carbonyl (C=O) groups excluding carboxylic acids is 1. The van der Waals surface area contributed by atoms with E-state index in [4.69, 9.17) is 20.1 Å². The smallest absolute Gasteiger partial charge is 0.309 e. The van der Waals surface area contributed by atoms with Crippen molar-refractivity contribution in [3.63, 3.8) is 0 Å².